The van der Waals surface area contributed by atoms with Crippen LogP contribution in [0.2, 0.25) is 0 Å². The van der Waals surface area contributed by atoms with Crippen LogP contribution in [0, 0.1) is 10.1 Å². The van der Waals surface area contributed by atoms with E-state index in [1.165, 1.54) is 7.11 Å². The highest BCUT2D eigenvalue weighted by atomic mass is 19.4. The number of benzene rings is 2. The van der Waals surface area contributed by atoms with Crippen molar-refractivity contribution in [1.82, 2.24) is 10.9 Å². The molecule has 3 N–H and O–H groups in total. The van der Waals surface area contributed by atoms with Crippen molar-refractivity contribution in [3.63, 3.8) is 0 Å². The number of nitro benzene ring substituents is 1. The van der Waals surface area contributed by atoms with Gasteiger partial charge in [-0.3, -0.25) is 30.6 Å². The van der Waals surface area contributed by atoms with Gasteiger partial charge in [-0.25, -0.2) is 0 Å². The molecule has 0 saturated carbocycles. The van der Waals surface area contributed by atoms with Gasteiger partial charge in [0.2, 0.25) is 0 Å². The third kappa shape index (κ3) is 7.06. The van der Waals surface area contributed by atoms with Gasteiger partial charge in [0.05, 0.1) is 24.3 Å². The summed E-state index contributed by atoms with van der Waals surface area (Å²) in [4.78, 5) is 34.4. The van der Waals surface area contributed by atoms with Crippen LogP contribution in [0.4, 0.5) is 24.5 Å². The number of hydrogen-bond acceptors (Lipinski definition) is 7. The van der Waals surface area contributed by atoms with Crippen molar-refractivity contribution in [2.24, 2.45) is 0 Å². The number of hydrogen-bond donors (Lipinski definition) is 3. The Hall–Kier alpha value is -4.03. The molecule has 0 aliphatic carbocycles. The molecular weight excluding hydrogens is 425 g/mol. The van der Waals surface area contributed by atoms with Gasteiger partial charge in [0.1, 0.15) is 17.1 Å². The zero-order valence-electron chi connectivity index (χ0n) is 16.0. The fourth-order valence-corrected chi connectivity index (χ4v) is 2.32. The molecule has 0 aromatic heterocycles. The maximum absolute atomic E-state index is 12.3. The maximum Gasteiger partial charge on any atom is 0.422 e. The smallest absolute Gasteiger partial charge is 0.422 e. The Kier molecular flexibility index (Phi) is 7.60. The van der Waals surface area contributed by atoms with E-state index in [0.717, 1.165) is 18.2 Å². The lowest BCUT2D eigenvalue weighted by molar-refractivity contribution is -0.385. The first kappa shape index (κ1) is 23.3. The standard InChI is InChI=1S/C18H17F3N4O6/c1-30-15-5-3-2-4-13(15)22-9-16(26)23-24-17(27)12-8-11(31-10-18(19,20)21)6-7-14(12)25(28)29/h2-8,22H,9-10H2,1H3,(H,23,26)(H,24,27). The number of nitrogens with one attached hydrogen (secondary N) is 3. The SMILES string of the molecule is COc1ccccc1NCC(=O)NNC(=O)c1cc(OCC(F)(F)F)ccc1[N+](=O)[O-]. The van der Waals surface area contributed by atoms with Gasteiger partial charge in [-0.15, -0.1) is 0 Å². The molecule has 2 rings (SSSR count). The molecule has 0 unspecified atom stereocenters. The van der Waals surface area contributed by atoms with E-state index in [0.29, 0.717) is 11.4 Å². The molecule has 0 fully saturated rings. The van der Waals surface area contributed by atoms with Crippen LogP contribution in [0.1, 0.15) is 10.4 Å². The van der Waals surface area contributed by atoms with Crippen molar-refractivity contribution in [3.05, 3.63) is 58.1 Å². The third-order valence-corrected chi connectivity index (χ3v) is 3.67. The zero-order valence-corrected chi connectivity index (χ0v) is 16.0. The number of halogens is 3. The Labute approximate surface area is 173 Å². The monoisotopic (exact) mass is 442 g/mol. The van der Waals surface area contributed by atoms with E-state index in [9.17, 15) is 32.9 Å². The highest BCUT2D eigenvalue weighted by Gasteiger charge is 2.29. The summed E-state index contributed by atoms with van der Waals surface area (Å²) in [6.07, 6.45) is -4.63. The average Bonchev–Trinajstić information content (AvgIpc) is 2.73. The van der Waals surface area contributed by atoms with Gasteiger partial charge in [0.25, 0.3) is 17.5 Å². The Morgan fingerprint density at radius 2 is 1.84 bits per heavy atom. The molecule has 0 saturated heterocycles. The number of carbonyl (C=O) groups is 2. The van der Waals surface area contributed by atoms with Crippen LogP contribution in [0.25, 0.3) is 0 Å². The van der Waals surface area contributed by atoms with Gasteiger partial charge in [-0.1, -0.05) is 12.1 Å². The van der Waals surface area contributed by atoms with Crippen molar-refractivity contribution in [2.75, 3.05) is 25.6 Å². The number of methoxy groups -OCH3 is 1. The summed E-state index contributed by atoms with van der Waals surface area (Å²) in [5.41, 5.74) is 3.25. The summed E-state index contributed by atoms with van der Waals surface area (Å²) in [5, 5.41) is 13.9. The predicted molar refractivity (Wildman–Crippen MR) is 102 cm³/mol. The van der Waals surface area contributed by atoms with Gasteiger partial charge in [0, 0.05) is 6.07 Å². The number of nitro groups is 1. The van der Waals surface area contributed by atoms with E-state index >= 15 is 0 Å². The topological polar surface area (TPSA) is 132 Å². The molecule has 166 valence electrons. The molecule has 31 heavy (non-hydrogen) atoms. The van der Waals surface area contributed by atoms with E-state index in [4.69, 9.17) is 4.74 Å². The summed E-state index contributed by atoms with van der Waals surface area (Å²) in [7, 11) is 1.44. The molecule has 0 spiro atoms. The van der Waals surface area contributed by atoms with Crippen LogP contribution in [-0.4, -0.2) is 43.2 Å². The Balaban J connectivity index is 2.01. The number of anilines is 1. The first-order valence-electron chi connectivity index (χ1n) is 8.55. The zero-order chi connectivity index (χ0) is 23.0. The number of rotatable bonds is 8. The maximum atomic E-state index is 12.3. The number of hydrazine groups is 1. The van der Waals surface area contributed by atoms with Gasteiger partial charge >= 0.3 is 6.18 Å². The first-order chi connectivity index (χ1) is 14.6. The van der Waals surface area contributed by atoms with Crippen molar-refractivity contribution in [2.45, 2.75) is 6.18 Å². The summed E-state index contributed by atoms with van der Waals surface area (Å²) in [6.45, 7) is -1.92. The fourth-order valence-electron chi connectivity index (χ4n) is 2.32. The number of amides is 2. The van der Waals surface area contributed by atoms with Crippen LogP contribution in [0.5, 0.6) is 11.5 Å². The lowest BCUT2D eigenvalue weighted by Crippen LogP contribution is -2.44. The molecule has 0 atom stereocenters. The van der Waals surface area contributed by atoms with Crippen LogP contribution >= 0.6 is 0 Å². The molecular formula is C18H17F3N4O6. The summed E-state index contributed by atoms with van der Waals surface area (Å²) in [5.74, 6) is -1.75. The normalized spacial score (nSPS) is 10.7. The van der Waals surface area contributed by atoms with Crippen LogP contribution < -0.4 is 25.6 Å². The first-order valence-corrected chi connectivity index (χ1v) is 8.55. The summed E-state index contributed by atoms with van der Waals surface area (Å²) >= 11 is 0. The fraction of sp³-hybridized carbons (Fsp3) is 0.222. The van der Waals surface area contributed by atoms with Gasteiger partial charge in [0.15, 0.2) is 6.61 Å². The minimum absolute atomic E-state index is 0.280. The van der Waals surface area contributed by atoms with E-state index in [2.05, 4.69) is 10.1 Å². The molecule has 0 aliphatic rings. The van der Waals surface area contributed by atoms with E-state index in [1.807, 2.05) is 10.9 Å². The van der Waals surface area contributed by atoms with Gasteiger partial charge in [-0.05, 0) is 24.3 Å². The second-order valence-corrected chi connectivity index (χ2v) is 5.90. The number of para-hydroxylation sites is 2. The number of nitrogens with zero attached hydrogens (tertiary/aromatic N) is 1. The highest BCUT2D eigenvalue weighted by Crippen LogP contribution is 2.26. The van der Waals surface area contributed by atoms with E-state index < -0.39 is 46.5 Å². The van der Waals surface area contributed by atoms with E-state index in [-0.39, 0.29) is 6.54 Å². The van der Waals surface area contributed by atoms with Crippen LogP contribution in [0.15, 0.2) is 42.5 Å². The Morgan fingerprint density at radius 1 is 1.13 bits per heavy atom. The molecule has 0 radical (unpaired) electrons. The second-order valence-electron chi connectivity index (χ2n) is 5.90. The molecule has 0 heterocycles. The Morgan fingerprint density at radius 3 is 2.48 bits per heavy atom. The van der Waals surface area contributed by atoms with E-state index in [1.54, 1.807) is 24.3 Å². The average molecular weight is 442 g/mol. The van der Waals surface area contributed by atoms with Crippen LogP contribution in [-0.2, 0) is 4.79 Å². The molecule has 0 bridgehead atoms. The molecule has 10 nitrogen and oxygen atoms in total. The largest absolute Gasteiger partial charge is 0.495 e. The minimum Gasteiger partial charge on any atom is -0.495 e. The van der Waals surface area contributed by atoms with Crippen molar-refractivity contribution >= 4 is 23.2 Å². The third-order valence-electron chi connectivity index (χ3n) is 3.67. The lowest BCUT2D eigenvalue weighted by Gasteiger charge is -2.12. The Bertz CT molecular complexity index is 968. The van der Waals surface area contributed by atoms with Crippen molar-refractivity contribution < 1.29 is 37.2 Å². The summed E-state index contributed by atoms with van der Waals surface area (Å²) < 4.78 is 46.5. The number of carbonyl (C=O) groups excluding carboxylic acids is 2. The van der Waals surface area contributed by atoms with Gasteiger partial charge < -0.3 is 14.8 Å². The molecule has 0 aliphatic heterocycles. The highest BCUT2D eigenvalue weighted by molar-refractivity contribution is 5.99. The minimum atomic E-state index is -4.63. The molecule has 2 aromatic rings. The number of ether oxygens (including phenoxy) is 2. The lowest BCUT2D eigenvalue weighted by atomic mass is 10.1. The van der Waals surface area contributed by atoms with Crippen LogP contribution in [0.3, 0.4) is 0 Å². The second kappa shape index (κ2) is 10.1. The summed E-state index contributed by atoms with van der Waals surface area (Å²) in [6, 6.07) is 9.28. The molecule has 2 aromatic carbocycles. The van der Waals surface area contributed by atoms with Crippen molar-refractivity contribution in [1.29, 1.82) is 0 Å². The van der Waals surface area contributed by atoms with Crippen molar-refractivity contribution in [3.8, 4) is 11.5 Å². The van der Waals surface area contributed by atoms with Gasteiger partial charge in [-0.2, -0.15) is 13.2 Å². The quantitative estimate of drug-likeness (QED) is 0.423. The predicted octanol–water partition coefficient (Wildman–Crippen LogP) is 2.42. The molecule has 13 heteroatoms. The molecule has 2 amide bonds. The number of alkyl halides is 3.